The second kappa shape index (κ2) is 12.0. The van der Waals surface area contributed by atoms with Gasteiger partial charge in [0, 0.05) is 21.5 Å². The fourth-order valence-corrected chi connectivity index (χ4v) is 6.97. The fraction of sp³-hybridized carbons (Fsp3) is 0. The van der Waals surface area contributed by atoms with Crippen LogP contribution in [-0.2, 0) is 20.2 Å². The van der Waals surface area contributed by atoms with E-state index in [9.17, 15) is 25.9 Å². The summed E-state index contributed by atoms with van der Waals surface area (Å²) in [5.74, 6) is 0. The van der Waals surface area contributed by atoms with Crippen molar-refractivity contribution in [3.8, 4) is 11.1 Å². The maximum absolute atomic E-state index is 12.1. The minimum atomic E-state index is -4.70. The van der Waals surface area contributed by atoms with Crippen LogP contribution >= 0.6 is 0 Å². The smallest absolute Gasteiger partial charge is 0.297 e. The van der Waals surface area contributed by atoms with Crippen molar-refractivity contribution in [1.82, 2.24) is 0 Å². The first kappa shape index (κ1) is 32.0. The molecule has 0 heterocycles. The Balaban J connectivity index is 1.26. The zero-order chi connectivity index (χ0) is 34.4. The lowest BCUT2D eigenvalue weighted by molar-refractivity contribution is 0.482. The zero-order valence-electron chi connectivity index (χ0n) is 24.7. The van der Waals surface area contributed by atoms with E-state index in [4.69, 9.17) is 22.9 Å². The van der Waals surface area contributed by atoms with Gasteiger partial charge in [0.05, 0.1) is 34.1 Å². The van der Waals surface area contributed by atoms with E-state index in [0.29, 0.717) is 22.1 Å². The van der Waals surface area contributed by atoms with Crippen LogP contribution in [0.3, 0.4) is 0 Å². The van der Waals surface area contributed by atoms with Crippen molar-refractivity contribution in [3.63, 3.8) is 0 Å². The minimum absolute atomic E-state index is 0.0865. The van der Waals surface area contributed by atoms with Gasteiger partial charge in [0.2, 0.25) is 0 Å². The summed E-state index contributed by atoms with van der Waals surface area (Å²) in [5.41, 5.74) is 26.6. The summed E-state index contributed by atoms with van der Waals surface area (Å²) in [5, 5.41) is 17.6. The molecular weight excluding hydrogens is 657 g/mol. The van der Waals surface area contributed by atoms with Crippen molar-refractivity contribution in [3.05, 3.63) is 97.1 Å². The normalized spacial score (nSPS) is 12.5. The third-order valence-electron chi connectivity index (χ3n) is 7.55. The van der Waals surface area contributed by atoms with E-state index >= 15 is 0 Å². The molecule has 6 rings (SSSR count). The van der Waals surface area contributed by atoms with Crippen LogP contribution in [0.2, 0.25) is 0 Å². The van der Waals surface area contributed by atoms with Crippen molar-refractivity contribution in [1.29, 1.82) is 0 Å². The highest BCUT2D eigenvalue weighted by Crippen LogP contribution is 2.44. The molecule has 0 saturated heterocycles. The average Bonchev–Trinajstić information content (AvgIpc) is 3.04. The number of nitrogens with zero attached hydrogens (tertiary/aromatic N) is 4. The van der Waals surface area contributed by atoms with E-state index in [1.54, 1.807) is 84.9 Å². The van der Waals surface area contributed by atoms with Crippen molar-refractivity contribution in [2.75, 3.05) is 22.9 Å². The van der Waals surface area contributed by atoms with Crippen LogP contribution in [0.5, 0.6) is 0 Å². The monoisotopic (exact) mass is 682 g/mol. The largest absolute Gasteiger partial charge is 0.396 e. The van der Waals surface area contributed by atoms with Gasteiger partial charge in [-0.25, -0.2) is 0 Å². The molecule has 0 spiro atoms. The van der Waals surface area contributed by atoms with E-state index in [0.717, 1.165) is 11.1 Å². The second-order valence-electron chi connectivity index (χ2n) is 10.5. The van der Waals surface area contributed by atoms with Crippen LogP contribution in [0, 0.1) is 0 Å². The highest BCUT2D eigenvalue weighted by molar-refractivity contribution is 7.86. The van der Waals surface area contributed by atoms with Crippen molar-refractivity contribution in [2.24, 2.45) is 20.5 Å². The highest BCUT2D eigenvalue weighted by atomic mass is 32.2. The van der Waals surface area contributed by atoms with Crippen LogP contribution in [0.4, 0.5) is 45.5 Å². The molecule has 0 fully saturated rings. The number of azo groups is 2. The Morgan fingerprint density at radius 3 is 1.04 bits per heavy atom. The fourth-order valence-electron chi connectivity index (χ4n) is 5.31. The Bertz CT molecular complexity index is 2360. The molecule has 14 nitrogen and oxygen atoms in total. The number of hydrogen-bond acceptors (Lipinski definition) is 12. The molecule has 0 saturated carbocycles. The van der Waals surface area contributed by atoms with Gasteiger partial charge in [0.1, 0.15) is 21.2 Å². The van der Waals surface area contributed by atoms with Gasteiger partial charge in [0.25, 0.3) is 20.2 Å². The van der Waals surface area contributed by atoms with Crippen LogP contribution < -0.4 is 22.9 Å². The molecule has 16 heteroatoms. The van der Waals surface area contributed by atoms with Gasteiger partial charge in [-0.05, 0) is 35.4 Å². The highest BCUT2D eigenvalue weighted by Gasteiger charge is 2.25. The first-order valence-electron chi connectivity index (χ1n) is 13.9. The molecular formula is C32H26N8O6S2. The summed E-state index contributed by atoms with van der Waals surface area (Å²) in [6.45, 7) is 0. The topological polar surface area (TPSA) is 262 Å². The van der Waals surface area contributed by atoms with Crippen LogP contribution in [0.15, 0.2) is 127 Å². The summed E-state index contributed by atoms with van der Waals surface area (Å²) >= 11 is 0. The molecule has 0 aliphatic carbocycles. The molecule has 6 aromatic rings. The molecule has 0 amide bonds. The molecule has 0 aliphatic rings. The van der Waals surface area contributed by atoms with Gasteiger partial charge in [-0.2, -0.15) is 27.1 Å². The van der Waals surface area contributed by atoms with E-state index < -0.39 is 30.0 Å². The number of hydrogen-bond donors (Lipinski definition) is 6. The number of nitrogens with two attached hydrogens (primary N) is 4. The van der Waals surface area contributed by atoms with Gasteiger partial charge in [-0.1, -0.05) is 72.8 Å². The first-order chi connectivity index (χ1) is 22.8. The molecule has 0 atom stereocenters. The number of nitrogen functional groups attached to an aromatic ring is 4. The van der Waals surface area contributed by atoms with Crippen molar-refractivity contribution >= 4 is 87.3 Å². The van der Waals surface area contributed by atoms with E-state index in [2.05, 4.69) is 20.5 Å². The summed E-state index contributed by atoms with van der Waals surface area (Å²) < 4.78 is 68.2. The van der Waals surface area contributed by atoms with Crippen molar-refractivity contribution in [2.45, 2.75) is 9.79 Å². The lowest BCUT2D eigenvalue weighted by Gasteiger charge is -2.13. The lowest BCUT2D eigenvalue weighted by Crippen LogP contribution is -2.06. The van der Waals surface area contributed by atoms with E-state index in [1.807, 2.05) is 0 Å². The Kier molecular flexibility index (Phi) is 8.01. The van der Waals surface area contributed by atoms with Crippen molar-refractivity contribution < 1.29 is 25.9 Å². The third-order valence-corrected chi connectivity index (χ3v) is 9.46. The Hall–Kier alpha value is -5.94. The first-order valence-corrected chi connectivity index (χ1v) is 16.8. The number of anilines is 4. The molecule has 0 aliphatic heterocycles. The Labute approximate surface area is 273 Å². The Morgan fingerprint density at radius 2 is 0.729 bits per heavy atom. The molecule has 48 heavy (non-hydrogen) atoms. The van der Waals surface area contributed by atoms with Gasteiger partial charge < -0.3 is 22.9 Å². The van der Waals surface area contributed by atoms with Gasteiger partial charge in [-0.15, -0.1) is 10.2 Å². The van der Waals surface area contributed by atoms with Crippen LogP contribution in [-0.4, -0.2) is 25.9 Å². The summed E-state index contributed by atoms with van der Waals surface area (Å²) in [7, 11) is -9.39. The average molecular weight is 683 g/mol. The summed E-state index contributed by atoms with van der Waals surface area (Å²) in [6.07, 6.45) is 0. The zero-order valence-corrected chi connectivity index (χ0v) is 26.3. The third kappa shape index (κ3) is 5.87. The lowest BCUT2D eigenvalue weighted by atomic mass is 10.1. The quantitative estimate of drug-likeness (QED) is 0.0555. The predicted octanol–water partition coefficient (Wildman–Crippen LogP) is 7.31. The maximum Gasteiger partial charge on any atom is 0.297 e. The number of fused-ring (bicyclic) bond motifs is 2. The van der Waals surface area contributed by atoms with Gasteiger partial charge >= 0.3 is 0 Å². The predicted molar refractivity (Wildman–Crippen MR) is 185 cm³/mol. The summed E-state index contributed by atoms with van der Waals surface area (Å²) in [6, 6.07) is 26.5. The molecule has 0 radical (unpaired) electrons. The maximum atomic E-state index is 12.1. The van der Waals surface area contributed by atoms with Crippen LogP contribution in [0.25, 0.3) is 32.7 Å². The second-order valence-corrected chi connectivity index (χ2v) is 13.3. The molecule has 6 aromatic carbocycles. The standard InChI is InChI=1S/C32H26N8O6S2/c33-25-21-5-1-3-7-23(21)31(47(41,42)43)27(35)29(25)39-37-19-13-9-17(10-14-19)18-11-15-20(16-12-18)38-40-30-26(34)22-6-2-4-8-24(22)32(28(30)36)48(44,45)46/h1-16H,33-36H2,(H,41,42,43)(H,44,45,46)/b39-37+,40-38+. The van der Waals surface area contributed by atoms with Gasteiger partial charge in [-0.3, -0.25) is 9.11 Å². The molecule has 0 bridgehead atoms. The molecule has 0 unspecified atom stereocenters. The Morgan fingerprint density at radius 1 is 0.417 bits per heavy atom. The van der Waals surface area contributed by atoms with Gasteiger partial charge in [0.15, 0.2) is 0 Å². The van der Waals surface area contributed by atoms with E-state index in [1.165, 1.54) is 12.1 Å². The molecule has 10 N–H and O–H groups in total. The summed E-state index contributed by atoms with van der Waals surface area (Å²) in [4.78, 5) is -0.988. The van der Waals surface area contributed by atoms with Crippen LogP contribution in [0.1, 0.15) is 0 Å². The number of rotatable bonds is 7. The number of benzene rings is 6. The molecule has 0 aromatic heterocycles. The SMILES string of the molecule is Nc1c(/N=N/c2ccc(-c3ccc(/N=N/c4c(N)c(S(=O)(=O)O)c5ccccc5c4N)cc3)cc2)c(N)c2ccccc2c1S(=O)(=O)O. The minimum Gasteiger partial charge on any atom is -0.396 e. The molecule has 242 valence electrons. The van der Waals surface area contributed by atoms with E-state index in [-0.39, 0.29) is 44.9 Å².